The molecule has 21 heavy (non-hydrogen) atoms. The van der Waals surface area contributed by atoms with Gasteiger partial charge in [0.2, 0.25) is 0 Å². The van der Waals surface area contributed by atoms with Gasteiger partial charge in [-0.15, -0.1) is 0 Å². The van der Waals surface area contributed by atoms with Gasteiger partial charge in [0.05, 0.1) is 5.56 Å². The van der Waals surface area contributed by atoms with Gasteiger partial charge >= 0.3 is 5.97 Å². The highest BCUT2D eigenvalue weighted by molar-refractivity contribution is 5.90. The molecule has 0 saturated heterocycles. The van der Waals surface area contributed by atoms with Crippen molar-refractivity contribution in [2.75, 3.05) is 5.73 Å². The molecule has 1 aliphatic carbocycles. The molecule has 1 fully saturated rings. The van der Waals surface area contributed by atoms with Gasteiger partial charge in [-0.05, 0) is 67.7 Å². The Balaban J connectivity index is 1.91. The van der Waals surface area contributed by atoms with Crippen molar-refractivity contribution < 1.29 is 9.53 Å². The molecule has 0 heterocycles. The van der Waals surface area contributed by atoms with Crippen LogP contribution >= 0.6 is 0 Å². The van der Waals surface area contributed by atoms with Crippen LogP contribution in [-0.2, 0) is 4.74 Å². The van der Waals surface area contributed by atoms with Gasteiger partial charge in [0, 0.05) is 5.69 Å². The summed E-state index contributed by atoms with van der Waals surface area (Å²) in [6.45, 7) is 8.78. The van der Waals surface area contributed by atoms with Gasteiger partial charge in [-0.25, -0.2) is 4.79 Å². The molecule has 1 aromatic carbocycles. The van der Waals surface area contributed by atoms with Crippen molar-refractivity contribution >= 4 is 11.7 Å². The van der Waals surface area contributed by atoms with Crippen molar-refractivity contribution in [1.82, 2.24) is 0 Å². The highest BCUT2D eigenvalue weighted by Gasteiger charge is 2.31. The summed E-state index contributed by atoms with van der Waals surface area (Å²) in [5, 5.41) is 0. The summed E-state index contributed by atoms with van der Waals surface area (Å²) < 4.78 is 5.65. The molecule has 0 bridgehead atoms. The van der Waals surface area contributed by atoms with Crippen LogP contribution in [0.1, 0.15) is 62.4 Å². The number of carbonyl (C=O) groups excluding carboxylic acids is 1. The van der Waals surface area contributed by atoms with Gasteiger partial charge in [0.15, 0.2) is 0 Å². The Hall–Kier alpha value is -1.51. The summed E-state index contributed by atoms with van der Waals surface area (Å²) in [4.78, 5) is 12.2. The number of aryl methyl sites for hydroxylation is 1. The van der Waals surface area contributed by atoms with E-state index in [0.717, 1.165) is 37.2 Å². The number of benzene rings is 1. The Morgan fingerprint density at radius 2 is 1.81 bits per heavy atom. The number of hydrogen-bond acceptors (Lipinski definition) is 3. The van der Waals surface area contributed by atoms with Crippen molar-refractivity contribution in [3.05, 3.63) is 29.3 Å². The van der Waals surface area contributed by atoms with Gasteiger partial charge in [-0.2, -0.15) is 0 Å². The summed E-state index contributed by atoms with van der Waals surface area (Å²) in [6.07, 6.45) is 4.29. The first-order valence-corrected chi connectivity index (χ1v) is 7.84. The minimum absolute atomic E-state index is 0.0639. The summed E-state index contributed by atoms with van der Waals surface area (Å²) in [5.41, 5.74) is 8.35. The summed E-state index contributed by atoms with van der Waals surface area (Å²) >= 11 is 0. The van der Waals surface area contributed by atoms with E-state index in [1.165, 1.54) is 0 Å². The normalized spacial score (nSPS) is 22.9. The quantitative estimate of drug-likeness (QED) is 0.651. The molecule has 0 amide bonds. The first kappa shape index (κ1) is 15.9. The number of hydrogen-bond donors (Lipinski definition) is 1. The standard InChI is InChI=1S/C18H27NO2/c1-12-11-13(5-10-16(12)19)17(20)21-15-8-6-14(7-9-15)18(2,3)4/h5,10-11,14-15H,6-9,19H2,1-4H3. The summed E-state index contributed by atoms with van der Waals surface area (Å²) in [7, 11) is 0. The molecule has 3 nitrogen and oxygen atoms in total. The number of rotatable bonds is 2. The average Bonchev–Trinajstić information content (AvgIpc) is 2.41. The van der Waals surface area contributed by atoms with E-state index in [2.05, 4.69) is 20.8 Å². The van der Waals surface area contributed by atoms with Crippen LogP contribution in [0.5, 0.6) is 0 Å². The predicted octanol–water partition coefficient (Wildman–Crippen LogP) is 4.34. The van der Waals surface area contributed by atoms with Gasteiger partial charge in [-0.1, -0.05) is 20.8 Å². The number of esters is 1. The smallest absolute Gasteiger partial charge is 0.338 e. The highest BCUT2D eigenvalue weighted by atomic mass is 16.5. The van der Waals surface area contributed by atoms with Gasteiger partial charge < -0.3 is 10.5 Å². The van der Waals surface area contributed by atoms with E-state index in [1.54, 1.807) is 18.2 Å². The van der Waals surface area contributed by atoms with E-state index < -0.39 is 0 Å². The average molecular weight is 289 g/mol. The lowest BCUT2D eigenvalue weighted by Crippen LogP contribution is -2.30. The number of anilines is 1. The second-order valence-electron chi connectivity index (χ2n) is 7.32. The monoisotopic (exact) mass is 289 g/mol. The maximum atomic E-state index is 12.2. The maximum absolute atomic E-state index is 12.2. The van der Waals surface area contributed by atoms with Crippen LogP contribution in [0.4, 0.5) is 5.69 Å². The minimum Gasteiger partial charge on any atom is -0.459 e. The van der Waals surface area contributed by atoms with E-state index >= 15 is 0 Å². The number of nitrogens with two attached hydrogens (primary N) is 1. The second-order valence-corrected chi connectivity index (χ2v) is 7.32. The Morgan fingerprint density at radius 3 is 2.33 bits per heavy atom. The van der Waals surface area contributed by atoms with Crippen molar-refractivity contribution in [2.45, 2.75) is 59.5 Å². The fraction of sp³-hybridized carbons (Fsp3) is 0.611. The third-order valence-electron chi connectivity index (χ3n) is 4.68. The first-order valence-electron chi connectivity index (χ1n) is 7.84. The number of ether oxygens (including phenoxy) is 1. The Kier molecular flexibility index (Phi) is 4.60. The van der Waals surface area contributed by atoms with Gasteiger partial charge in [-0.3, -0.25) is 0 Å². The minimum atomic E-state index is -0.225. The van der Waals surface area contributed by atoms with E-state index in [-0.39, 0.29) is 12.1 Å². The largest absolute Gasteiger partial charge is 0.459 e. The van der Waals surface area contributed by atoms with Crippen molar-refractivity contribution in [3.8, 4) is 0 Å². The maximum Gasteiger partial charge on any atom is 0.338 e. The molecule has 1 aromatic rings. The van der Waals surface area contributed by atoms with Crippen molar-refractivity contribution in [3.63, 3.8) is 0 Å². The fourth-order valence-electron chi connectivity index (χ4n) is 3.07. The zero-order valence-corrected chi connectivity index (χ0v) is 13.6. The molecule has 0 spiro atoms. The third-order valence-corrected chi connectivity index (χ3v) is 4.68. The van der Waals surface area contributed by atoms with Crippen LogP contribution < -0.4 is 5.73 Å². The molecule has 2 N–H and O–H groups in total. The van der Waals surface area contributed by atoms with Crippen LogP contribution in [0.3, 0.4) is 0 Å². The molecule has 1 saturated carbocycles. The van der Waals surface area contributed by atoms with Crippen LogP contribution in [0.15, 0.2) is 18.2 Å². The van der Waals surface area contributed by atoms with Crippen molar-refractivity contribution in [2.24, 2.45) is 11.3 Å². The number of carbonyl (C=O) groups is 1. The Labute approximate surface area is 127 Å². The molecule has 116 valence electrons. The molecular formula is C18H27NO2. The molecule has 0 atom stereocenters. The molecule has 2 rings (SSSR count). The molecule has 0 radical (unpaired) electrons. The lowest BCUT2D eigenvalue weighted by atomic mass is 9.72. The number of nitrogen functional groups attached to an aromatic ring is 1. The summed E-state index contributed by atoms with van der Waals surface area (Å²) in [5.74, 6) is 0.503. The molecule has 0 aliphatic heterocycles. The molecule has 3 heteroatoms. The Bertz CT molecular complexity index is 508. The van der Waals surface area contributed by atoms with Gasteiger partial charge in [0.25, 0.3) is 0 Å². The van der Waals surface area contributed by atoms with E-state index in [0.29, 0.717) is 16.7 Å². The zero-order chi connectivity index (χ0) is 15.6. The lowest BCUT2D eigenvalue weighted by molar-refractivity contribution is 0.00929. The lowest BCUT2D eigenvalue weighted by Gasteiger charge is -2.36. The van der Waals surface area contributed by atoms with E-state index in [1.807, 2.05) is 6.92 Å². The molecular weight excluding hydrogens is 262 g/mol. The van der Waals surface area contributed by atoms with Crippen molar-refractivity contribution in [1.29, 1.82) is 0 Å². The second kappa shape index (κ2) is 6.08. The van der Waals surface area contributed by atoms with Crippen LogP contribution in [0.25, 0.3) is 0 Å². The SMILES string of the molecule is Cc1cc(C(=O)OC2CCC(C(C)(C)C)CC2)ccc1N. The van der Waals surface area contributed by atoms with Crippen LogP contribution in [0.2, 0.25) is 0 Å². The summed E-state index contributed by atoms with van der Waals surface area (Å²) in [6, 6.07) is 5.31. The fourth-order valence-corrected chi connectivity index (χ4v) is 3.07. The molecule has 1 aliphatic rings. The topological polar surface area (TPSA) is 52.3 Å². The Morgan fingerprint density at radius 1 is 1.19 bits per heavy atom. The van der Waals surface area contributed by atoms with Crippen LogP contribution in [0, 0.1) is 18.3 Å². The van der Waals surface area contributed by atoms with Crippen LogP contribution in [-0.4, -0.2) is 12.1 Å². The highest BCUT2D eigenvalue weighted by Crippen LogP contribution is 2.38. The van der Waals surface area contributed by atoms with E-state index in [9.17, 15) is 4.79 Å². The zero-order valence-electron chi connectivity index (χ0n) is 13.6. The predicted molar refractivity (Wildman–Crippen MR) is 86.2 cm³/mol. The third kappa shape index (κ3) is 3.99. The molecule has 0 unspecified atom stereocenters. The van der Waals surface area contributed by atoms with Gasteiger partial charge in [0.1, 0.15) is 6.10 Å². The van der Waals surface area contributed by atoms with E-state index in [4.69, 9.17) is 10.5 Å². The molecule has 0 aromatic heterocycles. The first-order chi connectivity index (χ1) is 9.77.